The summed E-state index contributed by atoms with van der Waals surface area (Å²) in [6.07, 6.45) is 3.03. The van der Waals surface area contributed by atoms with Gasteiger partial charge in [0.25, 0.3) is 9.05 Å². The van der Waals surface area contributed by atoms with E-state index in [0.29, 0.717) is 5.92 Å². The molecular formula is C12H11BrClFO4S. The van der Waals surface area contributed by atoms with E-state index in [1.807, 2.05) is 0 Å². The number of hydrogen-bond acceptors (Lipinski definition) is 4. The van der Waals surface area contributed by atoms with E-state index in [1.165, 1.54) is 0 Å². The van der Waals surface area contributed by atoms with E-state index in [0.717, 1.165) is 31.4 Å². The van der Waals surface area contributed by atoms with Crippen LogP contribution in [0.15, 0.2) is 21.5 Å². The average molecular weight is 386 g/mol. The molecule has 0 saturated heterocycles. The van der Waals surface area contributed by atoms with Crippen molar-refractivity contribution in [2.24, 2.45) is 5.92 Å². The van der Waals surface area contributed by atoms with Crippen molar-refractivity contribution < 1.29 is 22.3 Å². The molecule has 0 aromatic heterocycles. The van der Waals surface area contributed by atoms with E-state index in [-0.39, 0.29) is 16.6 Å². The molecule has 4 nitrogen and oxygen atoms in total. The molecule has 110 valence electrons. The normalized spacial score (nSPS) is 15.2. The van der Waals surface area contributed by atoms with Crippen LogP contribution in [0.2, 0.25) is 0 Å². The highest BCUT2D eigenvalue weighted by atomic mass is 79.9. The van der Waals surface area contributed by atoms with Crippen LogP contribution in [0.4, 0.5) is 4.39 Å². The number of halogens is 3. The fraction of sp³-hybridized carbons (Fsp3) is 0.417. The van der Waals surface area contributed by atoms with Crippen molar-refractivity contribution in [3.8, 4) is 0 Å². The Balaban J connectivity index is 2.21. The van der Waals surface area contributed by atoms with Gasteiger partial charge in [-0.15, -0.1) is 0 Å². The van der Waals surface area contributed by atoms with Crippen LogP contribution in [0.1, 0.15) is 29.6 Å². The maximum absolute atomic E-state index is 13.4. The van der Waals surface area contributed by atoms with E-state index in [1.54, 1.807) is 0 Å². The number of carbonyl (C=O) groups is 1. The van der Waals surface area contributed by atoms with Crippen LogP contribution in [0, 0.1) is 11.7 Å². The second-order valence-electron chi connectivity index (χ2n) is 4.57. The highest BCUT2D eigenvalue weighted by Crippen LogP contribution is 2.33. The zero-order valence-corrected chi connectivity index (χ0v) is 13.4. The molecule has 2 rings (SSSR count). The van der Waals surface area contributed by atoms with Crippen LogP contribution in [0.5, 0.6) is 0 Å². The molecule has 0 unspecified atom stereocenters. The van der Waals surface area contributed by atoms with Crippen LogP contribution in [-0.2, 0) is 13.8 Å². The zero-order chi connectivity index (χ0) is 14.9. The average Bonchev–Trinajstić information content (AvgIpc) is 3.14. The second kappa shape index (κ2) is 5.99. The van der Waals surface area contributed by atoms with Crippen molar-refractivity contribution >= 4 is 41.6 Å². The number of ether oxygens (including phenoxy) is 1. The smallest absolute Gasteiger partial charge is 0.339 e. The Kier molecular flexibility index (Phi) is 4.71. The number of esters is 1. The summed E-state index contributed by atoms with van der Waals surface area (Å²) < 4.78 is 40.9. The van der Waals surface area contributed by atoms with Gasteiger partial charge in [-0.3, -0.25) is 0 Å². The largest absolute Gasteiger partial charge is 0.462 e. The highest BCUT2D eigenvalue weighted by molar-refractivity contribution is 9.10. The lowest BCUT2D eigenvalue weighted by Gasteiger charge is -2.08. The zero-order valence-electron chi connectivity index (χ0n) is 10.2. The summed E-state index contributed by atoms with van der Waals surface area (Å²) in [5.74, 6) is -1.06. The summed E-state index contributed by atoms with van der Waals surface area (Å²) in [6, 6.07) is 1.66. The first-order chi connectivity index (χ1) is 9.29. The molecule has 0 atom stereocenters. The predicted octanol–water partition coefficient (Wildman–Crippen LogP) is 3.47. The molecule has 8 heteroatoms. The van der Waals surface area contributed by atoms with E-state index < -0.39 is 25.7 Å². The van der Waals surface area contributed by atoms with Crippen molar-refractivity contribution in [3.05, 3.63) is 28.0 Å². The first-order valence-electron chi connectivity index (χ1n) is 5.90. The molecule has 0 amide bonds. The van der Waals surface area contributed by atoms with Crippen molar-refractivity contribution in [3.63, 3.8) is 0 Å². The molecule has 0 aliphatic heterocycles. The van der Waals surface area contributed by atoms with Gasteiger partial charge in [0.2, 0.25) is 0 Å². The van der Waals surface area contributed by atoms with Crippen molar-refractivity contribution in [1.29, 1.82) is 0 Å². The van der Waals surface area contributed by atoms with Crippen LogP contribution >= 0.6 is 26.6 Å². The minimum atomic E-state index is -4.16. The first kappa shape index (κ1) is 15.7. The quantitative estimate of drug-likeness (QED) is 0.575. The van der Waals surface area contributed by atoms with E-state index in [4.69, 9.17) is 15.4 Å². The third-order valence-electron chi connectivity index (χ3n) is 2.94. The summed E-state index contributed by atoms with van der Waals surface area (Å²) in [6.45, 7) is 0.232. The lowest BCUT2D eigenvalue weighted by molar-refractivity contribution is 0.0493. The van der Waals surface area contributed by atoms with Crippen LogP contribution in [0.25, 0.3) is 0 Å². The fourth-order valence-electron chi connectivity index (χ4n) is 1.69. The summed E-state index contributed by atoms with van der Waals surface area (Å²) in [5, 5.41) is 0. The maximum atomic E-state index is 13.4. The Hall–Kier alpha value is -0.660. The molecule has 0 radical (unpaired) electrons. The molecule has 1 aromatic carbocycles. The molecule has 0 bridgehead atoms. The summed E-state index contributed by atoms with van der Waals surface area (Å²) in [4.78, 5) is 11.3. The summed E-state index contributed by atoms with van der Waals surface area (Å²) in [5.41, 5.74) is -0.194. The van der Waals surface area contributed by atoms with Gasteiger partial charge in [-0.1, -0.05) is 12.8 Å². The first-order valence-corrected chi connectivity index (χ1v) is 9.00. The van der Waals surface area contributed by atoms with Gasteiger partial charge in [0.15, 0.2) is 0 Å². The monoisotopic (exact) mass is 384 g/mol. The summed E-state index contributed by atoms with van der Waals surface area (Å²) in [7, 11) is 1.03. The molecule has 0 spiro atoms. The van der Waals surface area contributed by atoms with Crippen LogP contribution in [-0.4, -0.2) is 21.0 Å². The SMILES string of the molecule is O=C(OCCC1CC1)c1cc(F)cc(S(=O)(=O)Cl)c1Br. The predicted molar refractivity (Wildman–Crippen MR) is 74.8 cm³/mol. The standard InChI is InChI=1S/C12H11BrClFO4S/c13-11-9(12(16)19-4-3-7-1-2-7)5-8(15)6-10(11)20(14,17)18/h5-7H,1-4H2. The minimum Gasteiger partial charge on any atom is -0.462 e. The minimum absolute atomic E-state index is 0.0923. The van der Waals surface area contributed by atoms with Crippen molar-refractivity contribution in [2.45, 2.75) is 24.2 Å². The third-order valence-corrected chi connectivity index (χ3v) is 5.41. The van der Waals surface area contributed by atoms with Gasteiger partial charge in [0.1, 0.15) is 10.7 Å². The maximum Gasteiger partial charge on any atom is 0.339 e. The summed E-state index contributed by atoms with van der Waals surface area (Å²) >= 11 is 2.95. The van der Waals surface area contributed by atoms with Gasteiger partial charge in [-0.05, 0) is 40.4 Å². The number of rotatable bonds is 5. The van der Waals surface area contributed by atoms with Gasteiger partial charge >= 0.3 is 5.97 Å². The van der Waals surface area contributed by atoms with Gasteiger partial charge in [-0.2, -0.15) is 0 Å². The Morgan fingerprint density at radius 1 is 1.45 bits per heavy atom. The van der Waals surface area contributed by atoms with Crippen molar-refractivity contribution in [1.82, 2.24) is 0 Å². The van der Waals surface area contributed by atoms with E-state index in [9.17, 15) is 17.6 Å². The van der Waals surface area contributed by atoms with Gasteiger partial charge < -0.3 is 4.74 Å². The van der Waals surface area contributed by atoms with Crippen LogP contribution < -0.4 is 0 Å². The number of carbonyl (C=O) groups excluding carboxylic acids is 1. The third kappa shape index (κ3) is 3.93. The van der Waals surface area contributed by atoms with Gasteiger partial charge in [0.05, 0.1) is 16.6 Å². The molecule has 1 aliphatic carbocycles. The number of hydrogen-bond donors (Lipinski definition) is 0. The molecule has 1 fully saturated rings. The van der Waals surface area contributed by atoms with Crippen molar-refractivity contribution in [2.75, 3.05) is 6.61 Å². The van der Waals surface area contributed by atoms with E-state index in [2.05, 4.69) is 15.9 Å². The second-order valence-corrected chi connectivity index (χ2v) is 7.90. The highest BCUT2D eigenvalue weighted by Gasteiger charge is 2.24. The molecule has 0 N–H and O–H groups in total. The lowest BCUT2D eigenvalue weighted by atomic mass is 10.2. The molecule has 1 aromatic rings. The molecular weight excluding hydrogens is 375 g/mol. The molecule has 0 heterocycles. The Morgan fingerprint density at radius 2 is 2.10 bits per heavy atom. The Bertz CT molecular complexity index is 643. The van der Waals surface area contributed by atoms with Gasteiger partial charge in [0, 0.05) is 10.7 Å². The number of benzene rings is 1. The van der Waals surface area contributed by atoms with Gasteiger partial charge in [-0.25, -0.2) is 17.6 Å². The lowest BCUT2D eigenvalue weighted by Crippen LogP contribution is -2.10. The fourth-order valence-corrected chi connectivity index (χ4v) is 3.94. The topological polar surface area (TPSA) is 60.4 Å². The Morgan fingerprint density at radius 3 is 2.65 bits per heavy atom. The molecule has 20 heavy (non-hydrogen) atoms. The molecule has 1 saturated carbocycles. The molecule has 1 aliphatic rings. The van der Waals surface area contributed by atoms with Crippen LogP contribution in [0.3, 0.4) is 0 Å². The van der Waals surface area contributed by atoms with E-state index >= 15 is 0 Å². The Labute approximate surface area is 128 Å².